The lowest BCUT2D eigenvalue weighted by Gasteiger charge is -2.10. The lowest BCUT2D eigenvalue weighted by Crippen LogP contribution is -2.23. The van der Waals surface area contributed by atoms with Crippen LogP contribution < -0.4 is 15.8 Å². The minimum atomic E-state index is -4.71. The maximum absolute atomic E-state index is 12.0. The van der Waals surface area contributed by atoms with E-state index in [4.69, 9.17) is 5.73 Å². The SMILES string of the molecule is NC(=NCCn1cccn1)Nc1ccc(OC(F)(F)F)cc1. The molecule has 0 fully saturated rings. The Kier molecular flexibility index (Phi) is 4.87. The number of nitrogens with two attached hydrogens (primary N) is 1. The zero-order chi connectivity index (χ0) is 16.0. The van der Waals surface area contributed by atoms with Gasteiger partial charge in [-0.2, -0.15) is 5.10 Å². The first-order valence-electron chi connectivity index (χ1n) is 6.32. The molecule has 0 radical (unpaired) electrons. The van der Waals surface area contributed by atoms with Gasteiger partial charge >= 0.3 is 6.36 Å². The molecule has 0 aliphatic rings. The molecular formula is C13H14F3N5O. The summed E-state index contributed by atoms with van der Waals surface area (Å²) < 4.78 is 41.5. The minimum Gasteiger partial charge on any atom is -0.406 e. The number of ether oxygens (including phenoxy) is 1. The Hall–Kier alpha value is -2.71. The fraction of sp³-hybridized carbons (Fsp3) is 0.231. The third-order valence-corrected chi connectivity index (χ3v) is 2.53. The summed E-state index contributed by atoms with van der Waals surface area (Å²) in [5.41, 5.74) is 6.19. The largest absolute Gasteiger partial charge is 0.573 e. The van der Waals surface area contributed by atoms with E-state index in [0.29, 0.717) is 18.8 Å². The number of hydrogen-bond donors (Lipinski definition) is 2. The molecule has 0 unspecified atom stereocenters. The second-order valence-electron chi connectivity index (χ2n) is 4.23. The zero-order valence-electron chi connectivity index (χ0n) is 11.4. The number of nitrogens with one attached hydrogen (secondary N) is 1. The van der Waals surface area contributed by atoms with Crippen LogP contribution in [0.5, 0.6) is 5.75 Å². The van der Waals surface area contributed by atoms with Gasteiger partial charge < -0.3 is 15.8 Å². The van der Waals surface area contributed by atoms with E-state index < -0.39 is 6.36 Å². The van der Waals surface area contributed by atoms with Gasteiger partial charge in [0.1, 0.15) is 5.75 Å². The second-order valence-corrected chi connectivity index (χ2v) is 4.23. The molecule has 9 heteroatoms. The number of aliphatic imine (C=N–C) groups is 1. The predicted molar refractivity (Wildman–Crippen MR) is 75.5 cm³/mol. The summed E-state index contributed by atoms with van der Waals surface area (Å²) in [6.07, 6.45) is -1.24. The van der Waals surface area contributed by atoms with E-state index in [0.717, 1.165) is 0 Å². The van der Waals surface area contributed by atoms with E-state index >= 15 is 0 Å². The number of nitrogens with zero attached hydrogens (tertiary/aromatic N) is 3. The number of benzene rings is 1. The summed E-state index contributed by atoms with van der Waals surface area (Å²) in [4.78, 5) is 4.09. The number of anilines is 1. The third-order valence-electron chi connectivity index (χ3n) is 2.53. The predicted octanol–water partition coefficient (Wildman–Crippen LogP) is 2.21. The molecule has 6 nitrogen and oxygen atoms in total. The molecule has 0 spiro atoms. The number of alkyl halides is 3. The van der Waals surface area contributed by atoms with Crippen molar-refractivity contribution in [2.75, 3.05) is 11.9 Å². The Labute approximate surface area is 124 Å². The molecule has 2 rings (SSSR count). The van der Waals surface area contributed by atoms with Gasteiger partial charge in [-0.1, -0.05) is 0 Å². The first kappa shape index (κ1) is 15.7. The van der Waals surface area contributed by atoms with Crippen molar-refractivity contribution >= 4 is 11.6 Å². The lowest BCUT2D eigenvalue weighted by atomic mass is 10.3. The smallest absolute Gasteiger partial charge is 0.406 e. The quantitative estimate of drug-likeness (QED) is 0.655. The van der Waals surface area contributed by atoms with Crippen molar-refractivity contribution in [2.45, 2.75) is 12.9 Å². The number of guanidine groups is 1. The van der Waals surface area contributed by atoms with Crippen LogP contribution in [0.4, 0.5) is 18.9 Å². The summed E-state index contributed by atoms with van der Waals surface area (Å²) >= 11 is 0. The van der Waals surface area contributed by atoms with Gasteiger partial charge in [0.05, 0.1) is 13.1 Å². The normalized spacial score (nSPS) is 12.2. The monoisotopic (exact) mass is 313 g/mol. The van der Waals surface area contributed by atoms with Crippen molar-refractivity contribution in [1.29, 1.82) is 0 Å². The van der Waals surface area contributed by atoms with Crippen LogP contribution >= 0.6 is 0 Å². The van der Waals surface area contributed by atoms with Crippen LogP contribution in [0.3, 0.4) is 0 Å². The Bertz CT molecular complexity index is 608. The van der Waals surface area contributed by atoms with Gasteiger partial charge in [0.15, 0.2) is 5.96 Å². The topological polar surface area (TPSA) is 77.5 Å². The molecule has 118 valence electrons. The highest BCUT2D eigenvalue weighted by Gasteiger charge is 2.30. The molecule has 1 aromatic heterocycles. The van der Waals surface area contributed by atoms with Crippen LogP contribution in [0.25, 0.3) is 0 Å². The van der Waals surface area contributed by atoms with E-state index in [9.17, 15) is 13.2 Å². The number of rotatable bonds is 5. The van der Waals surface area contributed by atoms with Crippen LogP contribution in [-0.4, -0.2) is 28.6 Å². The van der Waals surface area contributed by atoms with Gasteiger partial charge in [-0.3, -0.25) is 9.67 Å². The summed E-state index contributed by atoms with van der Waals surface area (Å²) in [6.45, 7) is 1.00. The molecule has 1 aromatic carbocycles. The molecule has 3 N–H and O–H groups in total. The fourth-order valence-corrected chi connectivity index (χ4v) is 1.63. The highest BCUT2D eigenvalue weighted by atomic mass is 19.4. The van der Waals surface area contributed by atoms with Crippen LogP contribution in [0.2, 0.25) is 0 Å². The fourth-order valence-electron chi connectivity index (χ4n) is 1.63. The maximum Gasteiger partial charge on any atom is 0.573 e. The van der Waals surface area contributed by atoms with E-state index in [1.54, 1.807) is 23.1 Å². The Balaban J connectivity index is 1.84. The maximum atomic E-state index is 12.0. The van der Waals surface area contributed by atoms with Gasteiger partial charge in [-0.05, 0) is 30.3 Å². The van der Waals surface area contributed by atoms with Crippen molar-refractivity contribution in [1.82, 2.24) is 9.78 Å². The van der Waals surface area contributed by atoms with E-state index in [-0.39, 0.29) is 11.7 Å². The molecule has 2 aromatic rings. The van der Waals surface area contributed by atoms with Crippen LogP contribution in [0.15, 0.2) is 47.7 Å². The van der Waals surface area contributed by atoms with Gasteiger partial charge in [-0.25, -0.2) is 0 Å². The molecule has 0 aliphatic carbocycles. The number of aromatic nitrogens is 2. The number of halogens is 3. The standard InChI is InChI=1S/C13H14F3N5O/c14-13(15,16)22-11-4-2-10(3-5-11)20-12(17)18-7-9-21-8-1-6-19-21/h1-6,8H,7,9H2,(H3,17,18,20). The Morgan fingerprint density at radius 2 is 2.05 bits per heavy atom. The summed E-state index contributed by atoms with van der Waals surface area (Å²) in [5.74, 6) is -0.135. The van der Waals surface area contributed by atoms with E-state index in [2.05, 4.69) is 20.1 Å². The number of hydrogen-bond acceptors (Lipinski definition) is 3. The van der Waals surface area contributed by atoms with Gasteiger partial charge in [0.2, 0.25) is 0 Å². The first-order valence-corrected chi connectivity index (χ1v) is 6.32. The molecule has 0 atom stereocenters. The summed E-state index contributed by atoms with van der Waals surface area (Å²) in [6, 6.07) is 7.00. The average molecular weight is 313 g/mol. The molecule has 0 aliphatic heterocycles. The van der Waals surface area contributed by atoms with Crippen molar-refractivity contribution < 1.29 is 17.9 Å². The molecule has 0 saturated heterocycles. The first-order chi connectivity index (χ1) is 10.4. The third kappa shape index (κ3) is 5.35. The zero-order valence-corrected chi connectivity index (χ0v) is 11.4. The highest BCUT2D eigenvalue weighted by Crippen LogP contribution is 2.23. The molecule has 0 bridgehead atoms. The minimum absolute atomic E-state index is 0.164. The highest BCUT2D eigenvalue weighted by molar-refractivity contribution is 5.92. The van der Waals surface area contributed by atoms with Crippen molar-refractivity contribution in [2.24, 2.45) is 10.7 Å². The second kappa shape index (κ2) is 6.83. The Morgan fingerprint density at radius 3 is 2.64 bits per heavy atom. The molecular weight excluding hydrogens is 299 g/mol. The lowest BCUT2D eigenvalue weighted by molar-refractivity contribution is -0.274. The molecule has 1 heterocycles. The van der Waals surface area contributed by atoms with Gasteiger partial charge in [0.25, 0.3) is 0 Å². The van der Waals surface area contributed by atoms with Gasteiger partial charge in [0, 0.05) is 18.1 Å². The summed E-state index contributed by atoms with van der Waals surface area (Å²) in [7, 11) is 0. The van der Waals surface area contributed by atoms with Crippen LogP contribution in [0.1, 0.15) is 0 Å². The average Bonchev–Trinajstić information content (AvgIpc) is 2.92. The Morgan fingerprint density at radius 1 is 1.32 bits per heavy atom. The molecule has 0 saturated carbocycles. The van der Waals surface area contributed by atoms with Crippen molar-refractivity contribution in [3.05, 3.63) is 42.7 Å². The van der Waals surface area contributed by atoms with Crippen molar-refractivity contribution in [3.63, 3.8) is 0 Å². The molecule has 0 amide bonds. The van der Waals surface area contributed by atoms with E-state index in [1.165, 1.54) is 24.3 Å². The summed E-state index contributed by atoms with van der Waals surface area (Å²) in [5, 5.41) is 6.79. The van der Waals surface area contributed by atoms with Gasteiger partial charge in [-0.15, -0.1) is 13.2 Å². The molecule has 22 heavy (non-hydrogen) atoms. The van der Waals surface area contributed by atoms with E-state index in [1.807, 2.05) is 0 Å². The van der Waals surface area contributed by atoms with Crippen LogP contribution in [-0.2, 0) is 6.54 Å². The van der Waals surface area contributed by atoms with Crippen molar-refractivity contribution in [3.8, 4) is 5.75 Å². The van der Waals surface area contributed by atoms with Crippen LogP contribution in [0, 0.1) is 0 Å².